The van der Waals surface area contributed by atoms with Crippen LogP contribution in [-0.4, -0.2) is 51.8 Å². The molecule has 0 spiro atoms. The molecule has 0 radical (unpaired) electrons. The number of hydrogen-bond acceptors (Lipinski definition) is 5. The van der Waals surface area contributed by atoms with Crippen LogP contribution in [0.4, 0.5) is 5.69 Å². The number of aromatic amines is 1. The molecule has 1 saturated heterocycles. The number of likely N-dealkylation sites (tertiary alicyclic amines) is 1. The number of amides is 1. The van der Waals surface area contributed by atoms with Gasteiger partial charge in [-0.05, 0) is 75.3 Å². The highest BCUT2D eigenvalue weighted by Gasteiger charge is 2.19. The van der Waals surface area contributed by atoms with Crippen molar-refractivity contribution in [3.63, 3.8) is 0 Å². The van der Waals surface area contributed by atoms with Crippen molar-refractivity contribution in [3.8, 4) is 16.9 Å². The van der Waals surface area contributed by atoms with E-state index in [4.69, 9.17) is 5.73 Å². The van der Waals surface area contributed by atoms with E-state index in [-0.39, 0.29) is 17.5 Å². The van der Waals surface area contributed by atoms with E-state index in [9.17, 15) is 9.59 Å². The quantitative estimate of drug-likeness (QED) is 0.574. The smallest absolute Gasteiger partial charge is 0.280 e. The number of carbonyl (C=O) groups excluding carboxylic acids is 1. The number of pyridine rings is 1. The second-order valence-electron chi connectivity index (χ2n) is 7.86. The molecule has 0 aliphatic carbocycles. The third kappa shape index (κ3) is 3.99. The van der Waals surface area contributed by atoms with Crippen LogP contribution in [0, 0.1) is 6.92 Å². The van der Waals surface area contributed by atoms with E-state index >= 15 is 0 Å². The van der Waals surface area contributed by atoms with Gasteiger partial charge in [-0.2, -0.15) is 0 Å². The standard InChI is InChI=1S/C22H26N6O2/c1-14-11-16(23)4-5-18(14)19-13-25-28(22(19)30)20-6-3-15(12-24-20)21(29)26-17-7-9-27(2)10-8-17/h3-6,11-13,17,25H,7-10,23H2,1-2H3,(H,26,29). The number of piperidine rings is 1. The van der Waals surface area contributed by atoms with Gasteiger partial charge in [-0.25, -0.2) is 9.67 Å². The van der Waals surface area contributed by atoms with Crippen LogP contribution in [-0.2, 0) is 0 Å². The normalized spacial score (nSPS) is 15.3. The van der Waals surface area contributed by atoms with Crippen molar-refractivity contribution in [2.45, 2.75) is 25.8 Å². The van der Waals surface area contributed by atoms with Crippen LogP contribution in [0.1, 0.15) is 28.8 Å². The first-order valence-corrected chi connectivity index (χ1v) is 10.0. The Balaban J connectivity index is 1.51. The number of rotatable bonds is 4. The minimum absolute atomic E-state index is 0.138. The van der Waals surface area contributed by atoms with Crippen LogP contribution in [0.25, 0.3) is 16.9 Å². The molecule has 156 valence electrons. The molecule has 1 amide bonds. The molecule has 4 N–H and O–H groups in total. The number of aromatic nitrogens is 3. The van der Waals surface area contributed by atoms with Crippen molar-refractivity contribution >= 4 is 11.6 Å². The fraction of sp³-hybridized carbons (Fsp3) is 0.318. The van der Waals surface area contributed by atoms with Crippen molar-refractivity contribution in [2.75, 3.05) is 25.9 Å². The lowest BCUT2D eigenvalue weighted by Crippen LogP contribution is -2.43. The minimum Gasteiger partial charge on any atom is -0.399 e. The Labute approximate surface area is 174 Å². The summed E-state index contributed by atoms with van der Waals surface area (Å²) in [6, 6.07) is 8.99. The summed E-state index contributed by atoms with van der Waals surface area (Å²) in [5.41, 5.74) is 9.01. The lowest BCUT2D eigenvalue weighted by molar-refractivity contribution is 0.0916. The van der Waals surface area contributed by atoms with Crippen molar-refractivity contribution in [1.29, 1.82) is 0 Å². The van der Waals surface area contributed by atoms with Crippen LogP contribution in [0.2, 0.25) is 0 Å². The highest BCUT2D eigenvalue weighted by atomic mass is 16.2. The average Bonchev–Trinajstić information content (AvgIpc) is 3.11. The van der Waals surface area contributed by atoms with Gasteiger partial charge >= 0.3 is 0 Å². The zero-order chi connectivity index (χ0) is 21.3. The van der Waals surface area contributed by atoms with Gasteiger partial charge in [0.2, 0.25) is 0 Å². The van der Waals surface area contributed by atoms with Crippen LogP contribution in [0.5, 0.6) is 0 Å². The molecule has 8 nitrogen and oxygen atoms in total. The topological polar surface area (TPSA) is 109 Å². The zero-order valence-electron chi connectivity index (χ0n) is 17.2. The summed E-state index contributed by atoms with van der Waals surface area (Å²) in [5, 5.41) is 6.02. The number of benzene rings is 1. The lowest BCUT2D eigenvalue weighted by Gasteiger charge is -2.29. The molecule has 3 heterocycles. The molecule has 1 fully saturated rings. The van der Waals surface area contributed by atoms with E-state index in [1.807, 2.05) is 19.1 Å². The number of carbonyl (C=O) groups is 1. The largest absolute Gasteiger partial charge is 0.399 e. The maximum absolute atomic E-state index is 12.9. The molecule has 4 rings (SSSR count). The number of aryl methyl sites for hydroxylation is 1. The molecule has 8 heteroatoms. The molecular formula is C22H26N6O2. The molecule has 3 aromatic rings. The van der Waals surface area contributed by atoms with Gasteiger partial charge in [-0.3, -0.25) is 14.7 Å². The van der Waals surface area contributed by atoms with Crippen molar-refractivity contribution in [3.05, 3.63) is 64.2 Å². The monoisotopic (exact) mass is 406 g/mol. The van der Waals surface area contributed by atoms with E-state index in [0.29, 0.717) is 22.6 Å². The molecule has 0 saturated carbocycles. The molecule has 0 atom stereocenters. The van der Waals surface area contributed by atoms with Gasteiger partial charge in [0.15, 0.2) is 5.82 Å². The first-order chi connectivity index (χ1) is 14.4. The Morgan fingerprint density at radius 2 is 1.97 bits per heavy atom. The Kier molecular flexibility index (Phi) is 5.41. The molecule has 0 unspecified atom stereocenters. The zero-order valence-corrected chi connectivity index (χ0v) is 17.2. The van der Waals surface area contributed by atoms with Gasteiger partial charge in [0.25, 0.3) is 11.5 Å². The molecule has 2 aromatic heterocycles. The molecule has 1 aliphatic rings. The Morgan fingerprint density at radius 1 is 1.20 bits per heavy atom. The van der Waals surface area contributed by atoms with E-state index in [2.05, 4.69) is 27.3 Å². The number of nitrogens with two attached hydrogens (primary N) is 1. The van der Waals surface area contributed by atoms with Crippen molar-refractivity contribution in [2.24, 2.45) is 0 Å². The van der Waals surface area contributed by atoms with E-state index in [1.54, 1.807) is 24.4 Å². The maximum Gasteiger partial charge on any atom is 0.280 e. The van der Waals surface area contributed by atoms with E-state index < -0.39 is 0 Å². The van der Waals surface area contributed by atoms with Crippen LogP contribution < -0.4 is 16.6 Å². The molecule has 0 bridgehead atoms. The lowest BCUT2D eigenvalue weighted by atomic mass is 10.0. The first-order valence-electron chi connectivity index (χ1n) is 10.0. The Morgan fingerprint density at radius 3 is 2.63 bits per heavy atom. The number of nitrogens with zero attached hydrogens (tertiary/aromatic N) is 3. The van der Waals surface area contributed by atoms with Gasteiger partial charge in [-0.1, -0.05) is 6.07 Å². The Hall–Kier alpha value is -3.39. The highest BCUT2D eigenvalue weighted by molar-refractivity contribution is 5.94. The SMILES string of the molecule is Cc1cc(N)ccc1-c1c[nH]n(-c2ccc(C(=O)NC3CCN(C)CC3)cn2)c1=O. The van der Waals surface area contributed by atoms with E-state index in [0.717, 1.165) is 37.1 Å². The summed E-state index contributed by atoms with van der Waals surface area (Å²) in [6.07, 6.45) is 5.04. The number of anilines is 1. The number of hydrogen-bond donors (Lipinski definition) is 3. The fourth-order valence-electron chi connectivity index (χ4n) is 3.80. The number of H-pyrrole nitrogens is 1. The number of nitrogen functional groups attached to an aromatic ring is 1. The summed E-state index contributed by atoms with van der Waals surface area (Å²) < 4.78 is 1.36. The van der Waals surface area contributed by atoms with Crippen molar-refractivity contribution in [1.82, 2.24) is 25.0 Å². The average molecular weight is 406 g/mol. The molecule has 1 aliphatic heterocycles. The first kappa shape index (κ1) is 19.9. The minimum atomic E-state index is -0.209. The van der Waals surface area contributed by atoms with Gasteiger partial charge in [0.1, 0.15) is 0 Å². The molecule has 30 heavy (non-hydrogen) atoms. The number of nitrogens with one attached hydrogen (secondary N) is 2. The second kappa shape index (κ2) is 8.16. The third-order valence-electron chi connectivity index (χ3n) is 5.61. The van der Waals surface area contributed by atoms with Gasteiger partial charge in [0, 0.05) is 24.1 Å². The van der Waals surface area contributed by atoms with Crippen LogP contribution >= 0.6 is 0 Å². The fourth-order valence-corrected chi connectivity index (χ4v) is 3.80. The van der Waals surface area contributed by atoms with Gasteiger partial charge in [0.05, 0.1) is 11.1 Å². The third-order valence-corrected chi connectivity index (χ3v) is 5.61. The summed E-state index contributed by atoms with van der Waals surface area (Å²) in [5.74, 6) is 0.288. The summed E-state index contributed by atoms with van der Waals surface area (Å²) in [7, 11) is 2.09. The van der Waals surface area contributed by atoms with Gasteiger partial charge < -0.3 is 16.0 Å². The summed E-state index contributed by atoms with van der Waals surface area (Å²) in [6.45, 7) is 3.87. The maximum atomic E-state index is 12.9. The summed E-state index contributed by atoms with van der Waals surface area (Å²) >= 11 is 0. The Bertz CT molecular complexity index is 1110. The van der Waals surface area contributed by atoms with Crippen LogP contribution in [0.15, 0.2) is 47.5 Å². The van der Waals surface area contributed by atoms with Gasteiger partial charge in [-0.15, -0.1) is 0 Å². The van der Waals surface area contributed by atoms with Crippen LogP contribution in [0.3, 0.4) is 0 Å². The predicted octanol–water partition coefficient (Wildman–Crippen LogP) is 1.94. The molecular weight excluding hydrogens is 380 g/mol. The highest BCUT2D eigenvalue weighted by Crippen LogP contribution is 2.22. The van der Waals surface area contributed by atoms with E-state index in [1.165, 1.54) is 10.9 Å². The molecule has 1 aromatic carbocycles. The predicted molar refractivity (Wildman–Crippen MR) is 117 cm³/mol. The second-order valence-corrected chi connectivity index (χ2v) is 7.86. The van der Waals surface area contributed by atoms with Crippen molar-refractivity contribution < 1.29 is 4.79 Å². The summed E-state index contributed by atoms with van der Waals surface area (Å²) in [4.78, 5) is 32.0.